The van der Waals surface area contributed by atoms with Gasteiger partial charge in [0.05, 0.1) is 25.4 Å². The second kappa shape index (κ2) is 12.1. The van der Waals surface area contributed by atoms with Gasteiger partial charge in [0.1, 0.15) is 0 Å². The maximum atomic E-state index is 14.8. The fourth-order valence-corrected chi connectivity index (χ4v) is 5.33. The standard InChI is InChI=1S/C29H35F3O3/c1-2-3-16-34-27-15-9-21(17-26(27)30)19-6-12-24(13-7-19)35-18-22-8-14-25(29(32)28(22)31)20-4-10-23(33)11-5-20/h2,8-9,14-15,17,19-20,23-24,33H,1,3-7,10-13,16,18H2. The molecule has 35 heavy (non-hydrogen) atoms. The molecule has 0 unspecified atom stereocenters. The zero-order chi connectivity index (χ0) is 24.8. The molecule has 0 spiro atoms. The smallest absolute Gasteiger partial charge is 0.165 e. The van der Waals surface area contributed by atoms with Gasteiger partial charge >= 0.3 is 0 Å². The summed E-state index contributed by atoms with van der Waals surface area (Å²) >= 11 is 0. The lowest BCUT2D eigenvalue weighted by atomic mass is 9.82. The van der Waals surface area contributed by atoms with Crippen LogP contribution < -0.4 is 4.74 Å². The number of benzene rings is 2. The van der Waals surface area contributed by atoms with Gasteiger partial charge in [-0.15, -0.1) is 6.58 Å². The zero-order valence-electron chi connectivity index (χ0n) is 20.2. The molecule has 2 fully saturated rings. The minimum absolute atomic E-state index is 0.0282. The normalized spacial score (nSPS) is 24.8. The van der Waals surface area contributed by atoms with Gasteiger partial charge in [-0.2, -0.15) is 0 Å². The van der Waals surface area contributed by atoms with Gasteiger partial charge in [-0.1, -0.05) is 24.3 Å². The van der Waals surface area contributed by atoms with Gasteiger partial charge in [-0.3, -0.25) is 0 Å². The number of hydrogen-bond donors (Lipinski definition) is 1. The summed E-state index contributed by atoms with van der Waals surface area (Å²) < 4.78 is 55.3. The zero-order valence-corrected chi connectivity index (χ0v) is 20.2. The Balaban J connectivity index is 1.27. The highest BCUT2D eigenvalue weighted by atomic mass is 19.2. The van der Waals surface area contributed by atoms with Crippen molar-refractivity contribution in [3.05, 3.63) is 77.1 Å². The van der Waals surface area contributed by atoms with Crippen molar-refractivity contribution in [1.82, 2.24) is 0 Å². The third kappa shape index (κ3) is 6.47. The van der Waals surface area contributed by atoms with Crippen molar-refractivity contribution in [2.24, 2.45) is 0 Å². The second-order valence-electron chi connectivity index (χ2n) is 9.85. The number of ether oxygens (including phenoxy) is 2. The Hall–Kier alpha value is -2.31. The maximum absolute atomic E-state index is 14.8. The molecular weight excluding hydrogens is 453 g/mol. The molecular formula is C29H35F3O3. The summed E-state index contributed by atoms with van der Waals surface area (Å²) in [5.41, 5.74) is 1.59. The van der Waals surface area contributed by atoms with Crippen molar-refractivity contribution in [3.8, 4) is 5.75 Å². The molecule has 0 heterocycles. The Bertz CT molecular complexity index is 993. The van der Waals surface area contributed by atoms with Crippen molar-refractivity contribution in [1.29, 1.82) is 0 Å². The lowest BCUT2D eigenvalue weighted by Gasteiger charge is -2.29. The molecule has 4 rings (SSSR count). The Morgan fingerprint density at radius 1 is 0.886 bits per heavy atom. The lowest BCUT2D eigenvalue weighted by molar-refractivity contribution is 0.0118. The molecule has 1 N–H and O–H groups in total. The maximum Gasteiger partial charge on any atom is 0.165 e. The third-order valence-corrected chi connectivity index (χ3v) is 7.48. The topological polar surface area (TPSA) is 38.7 Å². The van der Waals surface area contributed by atoms with Crippen LogP contribution >= 0.6 is 0 Å². The van der Waals surface area contributed by atoms with E-state index in [0.29, 0.717) is 44.3 Å². The summed E-state index contributed by atoms with van der Waals surface area (Å²) in [7, 11) is 0. The summed E-state index contributed by atoms with van der Waals surface area (Å²) in [5, 5.41) is 9.67. The quantitative estimate of drug-likeness (QED) is 0.297. The molecule has 2 aromatic rings. The molecule has 0 atom stereocenters. The molecule has 0 aliphatic heterocycles. The van der Waals surface area contributed by atoms with E-state index < -0.39 is 11.6 Å². The largest absolute Gasteiger partial charge is 0.490 e. The SMILES string of the molecule is C=CCCOc1ccc(C2CCC(OCc3ccc(C4CCC(O)CC4)c(F)c3F)CC2)cc1F. The van der Waals surface area contributed by atoms with E-state index in [1.165, 1.54) is 0 Å². The van der Waals surface area contributed by atoms with Crippen LogP contribution in [0.1, 0.15) is 86.3 Å². The predicted octanol–water partition coefficient (Wildman–Crippen LogP) is 7.32. The number of aliphatic hydroxyl groups excluding tert-OH is 1. The Labute approximate surface area is 206 Å². The van der Waals surface area contributed by atoms with Crippen LogP contribution in [0.3, 0.4) is 0 Å². The fraction of sp³-hybridized carbons (Fsp3) is 0.517. The highest BCUT2D eigenvalue weighted by Gasteiger charge is 2.27. The molecule has 0 aromatic heterocycles. The van der Waals surface area contributed by atoms with Gasteiger partial charge in [0.25, 0.3) is 0 Å². The summed E-state index contributed by atoms with van der Waals surface area (Å²) in [6.45, 7) is 4.07. The Morgan fingerprint density at radius 2 is 1.60 bits per heavy atom. The van der Waals surface area contributed by atoms with E-state index in [1.807, 2.05) is 6.07 Å². The fourth-order valence-electron chi connectivity index (χ4n) is 5.33. The van der Waals surface area contributed by atoms with Gasteiger partial charge < -0.3 is 14.6 Å². The first kappa shape index (κ1) is 25.8. The molecule has 0 saturated heterocycles. The van der Waals surface area contributed by atoms with Crippen molar-refractivity contribution in [2.45, 2.75) is 88.4 Å². The lowest BCUT2D eigenvalue weighted by Crippen LogP contribution is -2.21. The van der Waals surface area contributed by atoms with Gasteiger partial charge in [-0.25, -0.2) is 13.2 Å². The third-order valence-electron chi connectivity index (χ3n) is 7.48. The first-order chi connectivity index (χ1) is 17.0. The molecule has 190 valence electrons. The highest BCUT2D eigenvalue weighted by Crippen LogP contribution is 2.37. The van der Waals surface area contributed by atoms with E-state index in [9.17, 15) is 18.3 Å². The van der Waals surface area contributed by atoms with E-state index in [-0.39, 0.29) is 47.8 Å². The van der Waals surface area contributed by atoms with Gasteiger partial charge in [0.2, 0.25) is 0 Å². The van der Waals surface area contributed by atoms with E-state index in [2.05, 4.69) is 6.58 Å². The van der Waals surface area contributed by atoms with E-state index in [1.54, 1.807) is 30.3 Å². The number of rotatable bonds is 9. The molecule has 2 aliphatic carbocycles. The second-order valence-corrected chi connectivity index (χ2v) is 9.85. The van der Waals surface area contributed by atoms with Crippen LogP contribution in [-0.2, 0) is 11.3 Å². The van der Waals surface area contributed by atoms with Crippen molar-refractivity contribution < 1.29 is 27.8 Å². The van der Waals surface area contributed by atoms with Crippen LogP contribution in [0.15, 0.2) is 43.0 Å². The molecule has 0 bridgehead atoms. The summed E-state index contributed by atoms with van der Waals surface area (Å²) in [6, 6.07) is 8.47. The minimum atomic E-state index is -0.826. The van der Waals surface area contributed by atoms with Crippen LogP contribution in [0.25, 0.3) is 0 Å². The molecule has 2 aliphatic rings. The summed E-state index contributed by atoms with van der Waals surface area (Å²) in [6.07, 6.45) is 7.91. The molecule has 2 aromatic carbocycles. The summed E-state index contributed by atoms with van der Waals surface area (Å²) in [5.74, 6) is -1.50. The monoisotopic (exact) mass is 488 g/mol. The predicted molar refractivity (Wildman–Crippen MR) is 130 cm³/mol. The molecule has 6 heteroatoms. The van der Waals surface area contributed by atoms with Gasteiger partial charge in [-0.05, 0) is 92.9 Å². The van der Waals surface area contributed by atoms with Crippen molar-refractivity contribution >= 4 is 0 Å². The Morgan fingerprint density at radius 3 is 2.29 bits per heavy atom. The molecule has 3 nitrogen and oxygen atoms in total. The molecule has 2 saturated carbocycles. The average Bonchev–Trinajstić information content (AvgIpc) is 2.87. The first-order valence-corrected chi connectivity index (χ1v) is 12.8. The summed E-state index contributed by atoms with van der Waals surface area (Å²) in [4.78, 5) is 0. The first-order valence-electron chi connectivity index (χ1n) is 12.8. The number of hydrogen-bond acceptors (Lipinski definition) is 3. The van der Waals surface area contributed by atoms with Crippen LogP contribution in [0.2, 0.25) is 0 Å². The van der Waals surface area contributed by atoms with Gasteiger partial charge in [0, 0.05) is 5.56 Å². The Kier molecular flexibility index (Phi) is 8.90. The van der Waals surface area contributed by atoms with Crippen LogP contribution in [0, 0.1) is 17.5 Å². The highest BCUT2D eigenvalue weighted by molar-refractivity contribution is 5.32. The van der Waals surface area contributed by atoms with Crippen LogP contribution in [0.5, 0.6) is 5.75 Å². The molecule has 0 amide bonds. The minimum Gasteiger partial charge on any atom is -0.490 e. The molecule has 0 radical (unpaired) electrons. The number of aliphatic hydroxyl groups is 1. The van der Waals surface area contributed by atoms with Crippen molar-refractivity contribution in [3.63, 3.8) is 0 Å². The van der Waals surface area contributed by atoms with Crippen molar-refractivity contribution in [2.75, 3.05) is 6.61 Å². The average molecular weight is 489 g/mol. The van der Waals surface area contributed by atoms with E-state index in [0.717, 1.165) is 31.2 Å². The van der Waals surface area contributed by atoms with E-state index >= 15 is 0 Å². The number of halogens is 3. The van der Waals surface area contributed by atoms with E-state index in [4.69, 9.17) is 9.47 Å². The van der Waals surface area contributed by atoms with Crippen LogP contribution in [0.4, 0.5) is 13.2 Å². The van der Waals surface area contributed by atoms with Crippen LogP contribution in [-0.4, -0.2) is 23.9 Å². The van der Waals surface area contributed by atoms with Gasteiger partial charge in [0.15, 0.2) is 23.2 Å².